The minimum atomic E-state index is -0.494. The third kappa shape index (κ3) is 4.00. The van der Waals surface area contributed by atoms with E-state index in [9.17, 15) is 4.79 Å². The summed E-state index contributed by atoms with van der Waals surface area (Å²) in [5.74, 6) is 1.02. The molecular weight excluding hydrogens is 330 g/mol. The van der Waals surface area contributed by atoms with Crippen molar-refractivity contribution in [1.29, 1.82) is 0 Å². The highest BCUT2D eigenvalue weighted by atomic mass is 16.6. The van der Waals surface area contributed by atoms with Crippen molar-refractivity contribution in [2.75, 3.05) is 14.2 Å². The molecule has 1 heterocycles. The standard InChI is InChI=1S/C21H19NO4/c1-14-4-6-15(7-5-14)8-11-20-22-18(21(23)26-20)12-16-9-10-17(24-2)13-19(16)25-3/h4-13H,1-3H3/b11-8+,18-12+. The van der Waals surface area contributed by atoms with E-state index in [0.29, 0.717) is 17.1 Å². The average Bonchev–Trinajstić information content (AvgIpc) is 3.01. The van der Waals surface area contributed by atoms with E-state index in [1.54, 1.807) is 44.6 Å². The van der Waals surface area contributed by atoms with E-state index in [1.807, 2.05) is 37.3 Å². The SMILES string of the molecule is COc1ccc(/C=C2N=C(/C=C/c3ccc(C)cc3)OC/2=O)c(OC)c1. The molecule has 0 N–H and O–H groups in total. The fourth-order valence-corrected chi connectivity index (χ4v) is 2.43. The molecule has 0 radical (unpaired) electrons. The van der Waals surface area contributed by atoms with Crippen LogP contribution in [-0.4, -0.2) is 26.1 Å². The van der Waals surface area contributed by atoms with E-state index in [-0.39, 0.29) is 11.6 Å². The van der Waals surface area contributed by atoms with Gasteiger partial charge in [-0.15, -0.1) is 0 Å². The van der Waals surface area contributed by atoms with Crippen molar-refractivity contribution in [2.24, 2.45) is 4.99 Å². The van der Waals surface area contributed by atoms with Crippen LogP contribution in [0.4, 0.5) is 0 Å². The number of hydrogen-bond donors (Lipinski definition) is 0. The van der Waals surface area contributed by atoms with Crippen LogP contribution < -0.4 is 9.47 Å². The molecule has 0 unspecified atom stereocenters. The highest BCUT2D eigenvalue weighted by Crippen LogP contribution is 2.28. The second kappa shape index (κ2) is 7.70. The second-order valence-electron chi connectivity index (χ2n) is 5.72. The molecule has 2 aromatic carbocycles. The maximum absolute atomic E-state index is 12.1. The lowest BCUT2D eigenvalue weighted by atomic mass is 10.1. The molecule has 0 atom stereocenters. The molecule has 0 aromatic heterocycles. The zero-order valence-electron chi connectivity index (χ0n) is 14.9. The van der Waals surface area contributed by atoms with Crippen LogP contribution in [0, 0.1) is 6.92 Å². The number of aliphatic imine (C=N–C) groups is 1. The van der Waals surface area contributed by atoms with Crippen LogP contribution in [0.25, 0.3) is 12.2 Å². The van der Waals surface area contributed by atoms with Crippen molar-refractivity contribution in [1.82, 2.24) is 0 Å². The van der Waals surface area contributed by atoms with Crippen molar-refractivity contribution in [3.63, 3.8) is 0 Å². The van der Waals surface area contributed by atoms with Gasteiger partial charge < -0.3 is 14.2 Å². The molecule has 0 saturated heterocycles. The maximum Gasteiger partial charge on any atom is 0.363 e. The Morgan fingerprint density at radius 2 is 1.77 bits per heavy atom. The lowest BCUT2D eigenvalue weighted by Crippen LogP contribution is -2.01. The van der Waals surface area contributed by atoms with E-state index in [4.69, 9.17) is 14.2 Å². The monoisotopic (exact) mass is 349 g/mol. The Balaban J connectivity index is 1.83. The van der Waals surface area contributed by atoms with E-state index in [0.717, 1.165) is 5.56 Å². The summed E-state index contributed by atoms with van der Waals surface area (Å²) in [5.41, 5.74) is 3.12. The average molecular weight is 349 g/mol. The van der Waals surface area contributed by atoms with Crippen LogP contribution in [0.5, 0.6) is 11.5 Å². The number of ether oxygens (including phenoxy) is 3. The molecule has 26 heavy (non-hydrogen) atoms. The Hall–Kier alpha value is -3.34. The molecule has 1 aliphatic rings. The lowest BCUT2D eigenvalue weighted by molar-refractivity contribution is -0.129. The Morgan fingerprint density at radius 1 is 1.00 bits per heavy atom. The molecule has 0 saturated carbocycles. The van der Waals surface area contributed by atoms with Crippen LogP contribution >= 0.6 is 0 Å². The van der Waals surface area contributed by atoms with Gasteiger partial charge in [0.15, 0.2) is 5.70 Å². The Morgan fingerprint density at radius 3 is 2.46 bits per heavy atom. The summed E-state index contributed by atoms with van der Waals surface area (Å²) in [6, 6.07) is 13.3. The number of rotatable bonds is 5. The normalized spacial score (nSPS) is 15.3. The predicted molar refractivity (Wildman–Crippen MR) is 101 cm³/mol. The highest BCUT2D eigenvalue weighted by Gasteiger charge is 2.21. The van der Waals surface area contributed by atoms with Gasteiger partial charge in [0.1, 0.15) is 11.5 Å². The molecule has 0 bridgehead atoms. The number of benzene rings is 2. The summed E-state index contributed by atoms with van der Waals surface area (Å²) < 4.78 is 15.7. The Bertz CT molecular complexity index is 908. The first-order valence-corrected chi connectivity index (χ1v) is 8.08. The number of cyclic esters (lactones) is 1. The van der Waals surface area contributed by atoms with Crippen LogP contribution in [0.1, 0.15) is 16.7 Å². The van der Waals surface area contributed by atoms with Gasteiger partial charge in [-0.2, -0.15) is 0 Å². The molecule has 0 amide bonds. The number of nitrogens with zero attached hydrogens (tertiary/aromatic N) is 1. The number of carbonyl (C=O) groups is 1. The fraction of sp³-hybridized carbons (Fsp3) is 0.143. The summed E-state index contributed by atoms with van der Waals surface area (Å²) >= 11 is 0. The van der Waals surface area contributed by atoms with Gasteiger partial charge in [-0.3, -0.25) is 0 Å². The van der Waals surface area contributed by atoms with Gasteiger partial charge in [0.2, 0.25) is 5.90 Å². The summed E-state index contributed by atoms with van der Waals surface area (Å²) in [6.45, 7) is 2.03. The molecular formula is C21H19NO4. The first kappa shape index (κ1) is 17.5. The fourth-order valence-electron chi connectivity index (χ4n) is 2.43. The lowest BCUT2D eigenvalue weighted by Gasteiger charge is -2.07. The summed E-state index contributed by atoms with van der Waals surface area (Å²) in [6.07, 6.45) is 5.16. The summed E-state index contributed by atoms with van der Waals surface area (Å²) in [5, 5.41) is 0. The molecule has 5 heteroatoms. The van der Waals surface area contributed by atoms with Gasteiger partial charge in [-0.25, -0.2) is 9.79 Å². The van der Waals surface area contributed by atoms with Gasteiger partial charge in [0, 0.05) is 17.7 Å². The van der Waals surface area contributed by atoms with Gasteiger partial charge >= 0.3 is 5.97 Å². The maximum atomic E-state index is 12.1. The summed E-state index contributed by atoms with van der Waals surface area (Å²) in [7, 11) is 3.14. The molecule has 3 rings (SSSR count). The van der Waals surface area contributed by atoms with Gasteiger partial charge in [0.25, 0.3) is 0 Å². The number of methoxy groups -OCH3 is 2. The summed E-state index contributed by atoms with van der Waals surface area (Å²) in [4.78, 5) is 16.3. The third-order valence-electron chi connectivity index (χ3n) is 3.87. The molecule has 1 aliphatic heterocycles. The number of aryl methyl sites for hydroxylation is 1. The second-order valence-corrected chi connectivity index (χ2v) is 5.72. The number of carbonyl (C=O) groups excluding carboxylic acids is 1. The first-order chi connectivity index (χ1) is 12.6. The first-order valence-electron chi connectivity index (χ1n) is 8.08. The van der Waals surface area contributed by atoms with Crippen molar-refractivity contribution >= 4 is 24.0 Å². The molecule has 0 aliphatic carbocycles. The Labute approximate surface area is 152 Å². The highest BCUT2D eigenvalue weighted by molar-refractivity contribution is 6.11. The molecule has 0 spiro atoms. The van der Waals surface area contributed by atoms with Crippen molar-refractivity contribution in [3.8, 4) is 11.5 Å². The molecule has 132 valence electrons. The molecule has 5 nitrogen and oxygen atoms in total. The minimum Gasteiger partial charge on any atom is -0.497 e. The van der Waals surface area contributed by atoms with E-state index < -0.39 is 5.97 Å². The van der Waals surface area contributed by atoms with Gasteiger partial charge in [0.05, 0.1) is 14.2 Å². The van der Waals surface area contributed by atoms with Gasteiger partial charge in [-0.05, 0) is 36.8 Å². The van der Waals surface area contributed by atoms with Crippen molar-refractivity contribution in [3.05, 3.63) is 70.9 Å². The molecule has 0 fully saturated rings. The number of hydrogen-bond acceptors (Lipinski definition) is 5. The number of esters is 1. The predicted octanol–water partition coefficient (Wildman–Crippen LogP) is 4.02. The molecule has 2 aromatic rings. The van der Waals surface area contributed by atoms with Gasteiger partial charge in [-0.1, -0.05) is 29.8 Å². The Kier molecular flexibility index (Phi) is 5.17. The van der Waals surface area contributed by atoms with Crippen LogP contribution in [0.3, 0.4) is 0 Å². The van der Waals surface area contributed by atoms with E-state index >= 15 is 0 Å². The van der Waals surface area contributed by atoms with Crippen LogP contribution in [0.15, 0.2) is 59.2 Å². The quantitative estimate of drug-likeness (QED) is 0.604. The zero-order valence-corrected chi connectivity index (χ0v) is 14.9. The minimum absolute atomic E-state index is 0.219. The van der Waals surface area contributed by atoms with Crippen LogP contribution in [-0.2, 0) is 9.53 Å². The van der Waals surface area contributed by atoms with Crippen LogP contribution in [0.2, 0.25) is 0 Å². The van der Waals surface area contributed by atoms with E-state index in [1.165, 1.54) is 5.56 Å². The smallest absolute Gasteiger partial charge is 0.363 e. The van der Waals surface area contributed by atoms with Crippen molar-refractivity contribution in [2.45, 2.75) is 6.92 Å². The largest absolute Gasteiger partial charge is 0.497 e. The topological polar surface area (TPSA) is 57.1 Å². The van der Waals surface area contributed by atoms with E-state index in [2.05, 4.69) is 4.99 Å². The van der Waals surface area contributed by atoms with Crippen molar-refractivity contribution < 1.29 is 19.0 Å². The zero-order chi connectivity index (χ0) is 18.5. The third-order valence-corrected chi connectivity index (χ3v) is 3.87.